The molecule has 0 amide bonds. The van der Waals surface area contributed by atoms with Gasteiger partial charge >= 0.3 is 0 Å². The smallest absolute Gasteiger partial charge is 0.118 e. The van der Waals surface area contributed by atoms with E-state index in [4.69, 9.17) is 18.9 Å². The molecule has 0 aliphatic heterocycles. The summed E-state index contributed by atoms with van der Waals surface area (Å²) in [6.45, 7) is 2.34. The summed E-state index contributed by atoms with van der Waals surface area (Å²) in [5.74, 6) is 0.847. The van der Waals surface area contributed by atoms with Crippen LogP contribution in [-0.2, 0) is 14.2 Å². The SMILES string of the molecule is COCCOCCOC(CBr)c1ccc(OC)cc1. The minimum Gasteiger partial charge on any atom is -0.497 e. The van der Waals surface area contributed by atoms with E-state index in [9.17, 15) is 0 Å². The fraction of sp³-hybridized carbons (Fsp3) is 0.571. The van der Waals surface area contributed by atoms with Crippen molar-refractivity contribution in [3.05, 3.63) is 29.8 Å². The normalized spacial score (nSPS) is 12.4. The predicted molar refractivity (Wildman–Crippen MR) is 78.2 cm³/mol. The monoisotopic (exact) mass is 332 g/mol. The Morgan fingerprint density at radius 1 is 1.00 bits per heavy atom. The zero-order valence-electron chi connectivity index (χ0n) is 11.4. The van der Waals surface area contributed by atoms with Gasteiger partial charge in [0.2, 0.25) is 0 Å². The standard InChI is InChI=1S/C14H21BrO4/c1-16-7-8-18-9-10-19-14(11-15)12-3-5-13(17-2)6-4-12/h3-6,14H,7-11H2,1-2H3. The molecule has 0 aliphatic rings. The largest absolute Gasteiger partial charge is 0.497 e. The van der Waals surface area contributed by atoms with E-state index in [1.54, 1.807) is 14.2 Å². The third-order valence-corrected chi connectivity index (χ3v) is 3.19. The van der Waals surface area contributed by atoms with Crippen LogP contribution >= 0.6 is 15.9 Å². The molecule has 0 saturated carbocycles. The highest BCUT2D eigenvalue weighted by Gasteiger charge is 2.10. The number of methoxy groups -OCH3 is 2. The Kier molecular flexibility index (Phi) is 8.82. The van der Waals surface area contributed by atoms with Crippen LogP contribution in [0.25, 0.3) is 0 Å². The van der Waals surface area contributed by atoms with Gasteiger partial charge in [0, 0.05) is 12.4 Å². The summed E-state index contributed by atoms with van der Waals surface area (Å²) in [7, 11) is 3.31. The zero-order valence-corrected chi connectivity index (χ0v) is 13.0. The Bertz CT molecular complexity index is 329. The molecule has 5 heteroatoms. The molecule has 1 aromatic rings. The van der Waals surface area contributed by atoms with E-state index in [-0.39, 0.29) is 6.10 Å². The van der Waals surface area contributed by atoms with E-state index >= 15 is 0 Å². The summed E-state index contributed by atoms with van der Waals surface area (Å²) in [6, 6.07) is 7.89. The fourth-order valence-electron chi connectivity index (χ4n) is 1.54. The first-order valence-electron chi connectivity index (χ1n) is 6.20. The maximum Gasteiger partial charge on any atom is 0.118 e. The Hall–Kier alpha value is -0.620. The van der Waals surface area contributed by atoms with Crippen LogP contribution in [0.5, 0.6) is 5.75 Å². The van der Waals surface area contributed by atoms with Crippen LogP contribution in [0.15, 0.2) is 24.3 Å². The predicted octanol–water partition coefficient (Wildman–Crippen LogP) is 2.81. The summed E-state index contributed by atoms with van der Waals surface area (Å²) >= 11 is 3.47. The summed E-state index contributed by atoms with van der Waals surface area (Å²) < 4.78 is 21.2. The lowest BCUT2D eigenvalue weighted by atomic mass is 10.1. The number of alkyl halides is 1. The van der Waals surface area contributed by atoms with Crippen LogP contribution in [0.1, 0.15) is 11.7 Å². The second kappa shape index (κ2) is 10.2. The van der Waals surface area contributed by atoms with Gasteiger partial charge in [-0.2, -0.15) is 0 Å². The molecule has 19 heavy (non-hydrogen) atoms. The fourth-order valence-corrected chi connectivity index (χ4v) is 2.10. The number of rotatable bonds is 10. The first-order valence-corrected chi connectivity index (χ1v) is 7.32. The molecule has 0 heterocycles. The third-order valence-electron chi connectivity index (χ3n) is 2.61. The van der Waals surface area contributed by atoms with Gasteiger partial charge in [-0.1, -0.05) is 28.1 Å². The van der Waals surface area contributed by atoms with Gasteiger partial charge in [-0.3, -0.25) is 0 Å². The number of hydrogen-bond donors (Lipinski definition) is 0. The van der Waals surface area contributed by atoms with Gasteiger partial charge in [0.25, 0.3) is 0 Å². The molecule has 1 unspecified atom stereocenters. The van der Waals surface area contributed by atoms with E-state index in [2.05, 4.69) is 15.9 Å². The van der Waals surface area contributed by atoms with Crippen LogP contribution in [-0.4, -0.2) is 46.0 Å². The first-order chi connectivity index (χ1) is 9.31. The van der Waals surface area contributed by atoms with Crippen LogP contribution in [0.4, 0.5) is 0 Å². The van der Waals surface area contributed by atoms with E-state index in [0.717, 1.165) is 16.6 Å². The summed E-state index contributed by atoms with van der Waals surface area (Å²) in [5, 5.41) is 0.747. The molecule has 0 bridgehead atoms. The highest BCUT2D eigenvalue weighted by Crippen LogP contribution is 2.22. The molecule has 0 radical (unpaired) electrons. The lowest BCUT2D eigenvalue weighted by molar-refractivity contribution is 0.000717. The molecule has 0 fully saturated rings. The highest BCUT2D eigenvalue weighted by molar-refractivity contribution is 9.09. The van der Waals surface area contributed by atoms with Gasteiger partial charge in [0.1, 0.15) is 5.75 Å². The molecule has 0 saturated heterocycles. The second-order valence-corrected chi connectivity index (χ2v) is 4.54. The van der Waals surface area contributed by atoms with Crippen molar-refractivity contribution in [1.82, 2.24) is 0 Å². The average molecular weight is 333 g/mol. The molecule has 0 aromatic heterocycles. The zero-order chi connectivity index (χ0) is 13.9. The summed E-state index contributed by atoms with van der Waals surface area (Å²) in [6.07, 6.45) is 0.0249. The van der Waals surface area contributed by atoms with Crippen LogP contribution in [0, 0.1) is 0 Å². The summed E-state index contributed by atoms with van der Waals surface area (Å²) in [5.41, 5.74) is 1.12. The second-order valence-electron chi connectivity index (χ2n) is 3.89. The molecular weight excluding hydrogens is 312 g/mol. The van der Waals surface area contributed by atoms with Gasteiger partial charge in [0.15, 0.2) is 0 Å². The highest BCUT2D eigenvalue weighted by atomic mass is 79.9. The van der Waals surface area contributed by atoms with E-state index in [1.165, 1.54) is 0 Å². The van der Waals surface area contributed by atoms with Crippen molar-refractivity contribution < 1.29 is 18.9 Å². The van der Waals surface area contributed by atoms with E-state index in [1.807, 2.05) is 24.3 Å². The van der Waals surface area contributed by atoms with Crippen molar-refractivity contribution in [2.75, 3.05) is 46.0 Å². The van der Waals surface area contributed by atoms with Crippen LogP contribution in [0.3, 0.4) is 0 Å². The number of hydrogen-bond acceptors (Lipinski definition) is 4. The van der Waals surface area contributed by atoms with Gasteiger partial charge in [0.05, 0.1) is 39.6 Å². The van der Waals surface area contributed by atoms with Crippen LogP contribution < -0.4 is 4.74 Å². The number of benzene rings is 1. The minimum atomic E-state index is 0.0249. The van der Waals surface area contributed by atoms with Gasteiger partial charge in [-0.25, -0.2) is 0 Å². The maximum absolute atomic E-state index is 5.78. The van der Waals surface area contributed by atoms with Crippen LogP contribution in [0.2, 0.25) is 0 Å². The molecular formula is C14H21BrO4. The Balaban J connectivity index is 2.31. The molecule has 4 nitrogen and oxygen atoms in total. The van der Waals surface area contributed by atoms with Gasteiger partial charge in [-0.15, -0.1) is 0 Å². The first kappa shape index (κ1) is 16.4. The molecule has 1 aromatic carbocycles. The molecule has 1 atom stereocenters. The van der Waals surface area contributed by atoms with Gasteiger partial charge in [-0.05, 0) is 17.7 Å². The van der Waals surface area contributed by atoms with E-state index in [0.29, 0.717) is 26.4 Å². The third kappa shape index (κ3) is 6.38. The van der Waals surface area contributed by atoms with Crippen molar-refractivity contribution in [2.45, 2.75) is 6.10 Å². The maximum atomic E-state index is 5.78. The van der Waals surface area contributed by atoms with Crippen molar-refractivity contribution in [1.29, 1.82) is 0 Å². The Labute approximate surface area is 123 Å². The van der Waals surface area contributed by atoms with Gasteiger partial charge < -0.3 is 18.9 Å². The Morgan fingerprint density at radius 3 is 2.26 bits per heavy atom. The van der Waals surface area contributed by atoms with Crippen molar-refractivity contribution >= 4 is 15.9 Å². The minimum absolute atomic E-state index is 0.0249. The summed E-state index contributed by atoms with van der Waals surface area (Å²) in [4.78, 5) is 0. The van der Waals surface area contributed by atoms with Crippen molar-refractivity contribution in [2.24, 2.45) is 0 Å². The Morgan fingerprint density at radius 2 is 1.68 bits per heavy atom. The molecule has 108 valence electrons. The topological polar surface area (TPSA) is 36.9 Å². The lowest BCUT2D eigenvalue weighted by Gasteiger charge is -2.16. The van der Waals surface area contributed by atoms with E-state index < -0.39 is 0 Å². The van der Waals surface area contributed by atoms with Crippen molar-refractivity contribution in [3.8, 4) is 5.75 Å². The molecule has 1 rings (SSSR count). The lowest BCUT2D eigenvalue weighted by Crippen LogP contribution is -2.12. The van der Waals surface area contributed by atoms with Crippen molar-refractivity contribution in [3.63, 3.8) is 0 Å². The molecule has 0 spiro atoms. The number of ether oxygens (including phenoxy) is 4. The number of halogens is 1. The molecule has 0 N–H and O–H groups in total. The average Bonchev–Trinajstić information content (AvgIpc) is 2.47. The molecule has 0 aliphatic carbocycles. The quantitative estimate of drug-likeness (QED) is 0.487.